The van der Waals surface area contributed by atoms with Gasteiger partial charge in [0.25, 0.3) is 0 Å². The van der Waals surface area contributed by atoms with Crippen LogP contribution in [-0.2, 0) is 19.5 Å². The molecule has 0 aromatic heterocycles. The van der Waals surface area contributed by atoms with Crippen LogP contribution in [0.2, 0.25) is 5.02 Å². The number of nitrogens with zero attached hydrogens (tertiary/aromatic N) is 1. The average Bonchev–Trinajstić information content (AvgIpc) is 2.77. The van der Waals surface area contributed by atoms with E-state index in [0.717, 1.165) is 5.75 Å². The first-order valence-electron chi connectivity index (χ1n) is 10.7. The smallest absolute Gasteiger partial charge is 0.338 e. The van der Waals surface area contributed by atoms with Crippen LogP contribution in [0.25, 0.3) is 0 Å². The molecule has 180 valence electrons. The van der Waals surface area contributed by atoms with Crippen molar-refractivity contribution in [2.45, 2.75) is 37.9 Å². The van der Waals surface area contributed by atoms with E-state index in [1.165, 1.54) is 22.5 Å². The molecule has 1 fully saturated rings. The van der Waals surface area contributed by atoms with Gasteiger partial charge in [0.05, 0.1) is 29.4 Å². The Balaban J connectivity index is 1.60. The minimum absolute atomic E-state index is 0.00471. The summed E-state index contributed by atoms with van der Waals surface area (Å²) >= 11 is 6.18. The zero-order valence-corrected chi connectivity index (χ0v) is 20.4. The molecule has 3 rings (SSSR count). The molecule has 2 aromatic rings. The van der Waals surface area contributed by atoms with E-state index in [1.807, 2.05) is 20.8 Å². The third kappa shape index (κ3) is 6.60. The number of carbonyl (C=O) groups is 1. The second-order valence-electron chi connectivity index (χ2n) is 7.61. The summed E-state index contributed by atoms with van der Waals surface area (Å²) in [7, 11) is -3.90. The lowest BCUT2D eigenvalue weighted by molar-refractivity contribution is -0.0440. The number of hydrogen-bond donors (Lipinski definition) is 0. The number of esters is 1. The maximum Gasteiger partial charge on any atom is 0.338 e. The van der Waals surface area contributed by atoms with E-state index >= 15 is 0 Å². The largest absolute Gasteiger partial charge is 0.494 e. The van der Waals surface area contributed by atoms with Gasteiger partial charge < -0.3 is 18.9 Å². The van der Waals surface area contributed by atoms with Gasteiger partial charge in [-0.05, 0) is 63.2 Å². The zero-order valence-electron chi connectivity index (χ0n) is 18.8. The highest BCUT2D eigenvalue weighted by atomic mass is 35.5. The third-order valence-electron chi connectivity index (χ3n) is 4.89. The summed E-state index contributed by atoms with van der Waals surface area (Å²) < 4.78 is 49.4. The average molecular weight is 498 g/mol. The van der Waals surface area contributed by atoms with Crippen molar-refractivity contribution in [1.82, 2.24) is 4.31 Å². The van der Waals surface area contributed by atoms with Crippen molar-refractivity contribution >= 4 is 27.6 Å². The van der Waals surface area contributed by atoms with E-state index in [9.17, 15) is 13.2 Å². The Labute approximate surface area is 199 Å². The molecule has 0 N–H and O–H groups in total. The predicted octanol–water partition coefficient (Wildman–Crippen LogP) is 3.77. The molecule has 10 heteroatoms. The Bertz CT molecular complexity index is 1050. The summed E-state index contributed by atoms with van der Waals surface area (Å²) in [6.45, 7) is 6.65. The summed E-state index contributed by atoms with van der Waals surface area (Å²) in [5.41, 5.74) is 0.0911. The monoisotopic (exact) mass is 497 g/mol. The second kappa shape index (κ2) is 11.2. The van der Waals surface area contributed by atoms with E-state index in [-0.39, 0.29) is 54.0 Å². The molecule has 1 saturated heterocycles. The highest BCUT2D eigenvalue weighted by Crippen LogP contribution is 2.28. The van der Waals surface area contributed by atoms with Gasteiger partial charge in [-0.3, -0.25) is 0 Å². The molecule has 8 nitrogen and oxygen atoms in total. The highest BCUT2D eigenvalue weighted by Gasteiger charge is 2.34. The van der Waals surface area contributed by atoms with Crippen LogP contribution in [0.1, 0.15) is 31.1 Å². The molecule has 2 aromatic carbocycles. The van der Waals surface area contributed by atoms with Gasteiger partial charge in [-0.2, -0.15) is 4.31 Å². The van der Waals surface area contributed by atoms with E-state index in [1.54, 1.807) is 24.3 Å². The van der Waals surface area contributed by atoms with Crippen molar-refractivity contribution in [3.8, 4) is 11.5 Å². The molecule has 0 saturated carbocycles. The van der Waals surface area contributed by atoms with Gasteiger partial charge in [0.1, 0.15) is 29.6 Å². The lowest BCUT2D eigenvalue weighted by Gasteiger charge is -2.34. The van der Waals surface area contributed by atoms with E-state index in [0.29, 0.717) is 12.4 Å². The highest BCUT2D eigenvalue weighted by molar-refractivity contribution is 7.89. The Morgan fingerprint density at radius 2 is 1.64 bits per heavy atom. The molecule has 1 aliphatic heterocycles. The molecule has 0 unspecified atom stereocenters. The molecule has 0 amide bonds. The topological polar surface area (TPSA) is 91.4 Å². The molecule has 2 atom stereocenters. The molecule has 1 aliphatic rings. The number of sulfonamides is 1. The van der Waals surface area contributed by atoms with Crippen LogP contribution >= 0.6 is 11.6 Å². The van der Waals surface area contributed by atoms with Crippen molar-refractivity contribution in [2.24, 2.45) is 0 Å². The lowest BCUT2D eigenvalue weighted by Crippen LogP contribution is -2.48. The number of carbonyl (C=O) groups excluding carboxylic acids is 1. The van der Waals surface area contributed by atoms with Crippen molar-refractivity contribution in [3.63, 3.8) is 0 Å². The molecule has 0 bridgehead atoms. The first-order chi connectivity index (χ1) is 15.7. The van der Waals surface area contributed by atoms with Gasteiger partial charge in [-0.25, -0.2) is 13.2 Å². The van der Waals surface area contributed by atoms with Crippen molar-refractivity contribution < 1.29 is 32.2 Å². The molecule has 1 heterocycles. The number of rotatable bonds is 9. The summed E-state index contributed by atoms with van der Waals surface area (Å²) in [4.78, 5) is 12.3. The van der Waals surface area contributed by atoms with Gasteiger partial charge >= 0.3 is 5.97 Å². The van der Waals surface area contributed by atoms with Gasteiger partial charge in [0, 0.05) is 13.1 Å². The van der Waals surface area contributed by atoms with Crippen LogP contribution in [0.3, 0.4) is 0 Å². The van der Waals surface area contributed by atoms with Crippen molar-refractivity contribution in [2.75, 3.05) is 32.9 Å². The number of morpholine rings is 1. The van der Waals surface area contributed by atoms with Crippen LogP contribution in [-0.4, -0.2) is 63.8 Å². The van der Waals surface area contributed by atoms with Gasteiger partial charge in [0.15, 0.2) is 0 Å². The molecular formula is C23H28ClNO7S. The van der Waals surface area contributed by atoms with Crippen molar-refractivity contribution in [1.29, 1.82) is 0 Å². The van der Waals surface area contributed by atoms with Crippen molar-refractivity contribution in [3.05, 3.63) is 53.1 Å². The summed E-state index contributed by atoms with van der Waals surface area (Å²) in [5, 5.41) is 0.0391. The van der Waals surface area contributed by atoms with Gasteiger partial charge in [0.2, 0.25) is 10.0 Å². The molecule has 0 spiro atoms. The predicted molar refractivity (Wildman–Crippen MR) is 124 cm³/mol. The molecule has 0 aliphatic carbocycles. The fraction of sp³-hybridized carbons (Fsp3) is 0.435. The Morgan fingerprint density at radius 1 is 1.03 bits per heavy atom. The standard InChI is InChI=1S/C23H28ClNO7S/c1-4-29-19-6-8-20(9-7-19)30-11-12-31-23(26)18-5-10-21(24)22(13-18)33(27,28)25-14-16(2)32-17(3)15-25/h5-10,13,16-17H,4,11-12,14-15H2,1-3H3/t16-,17-/m1/s1. The number of halogens is 1. The number of ether oxygens (including phenoxy) is 4. The summed E-state index contributed by atoms with van der Waals surface area (Å²) in [6.07, 6.45) is -0.489. The third-order valence-corrected chi connectivity index (χ3v) is 7.20. The zero-order chi connectivity index (χ0) is 24.0. The maximum absolute atomic E-state index is 13.2. The SMILES string of the molecule is CCOc1ccc(OCCOC(=O)c2ccc(Cl)c(S(=O)(=O)N3C[C@@H](C)O[C@H](C)C3)c2)cc1. The first kappa shape index (κ1) is 25.3. The normalized spacial score (nSPS) is 19.2. The van der Waals surface area contributed by atoms with E-state index in [4.69, 9.17) is 30.5 Å². The summed E-state index contributed by atoms with van der Waals surface area (Å²) in [6, 6.07) is 11.2. The number of hydrogen-bond acceptors (Lipinski definition) is 7. The van der Waals surface area contributed by atoms with Gasteiger partial charge in [-0.15, -0.1) is 0 Å². The summed E-state index contributed by atoms with van der Waals surface area (Å²) in [5.74, 6) is 0.691. The van der Waals surface area contributed by atoms with Crippen LogP contribution in [0.4, 0.5) is 0 Å². The molecule has 33 heavy (non-hydrogen) atoms. The molecular weight excluding hydrogens is 470 g/mol. The van der Waals surface area contributed by atoms with Crippen LogP contribution in [0.5, 0.6) is 11.5 Å². The van der Waals surface area contributed by atoms with Crippen LogP contribution in [0.15, 0.2) is 47.4 Å². The van der Waals surface area contributed by atoms with Gasteiger partial charge in [-0.1, -0.05) is 11.6 Å². The van der Waals surface area contributed by atoms with Crippen LogP contribution < -0.4 is 9.47 Å². The van der Waals surface area contributed by atoms with Crippen LogP contribution in [0, 0.1) is 0 Å². The van der Waals surface area contributed by atoms with E-state index < -0.39 is 16.0 Å². The minimum Gasteiger partial charge on any atom is -0.494 e. The maximum atomic E-state index is 13.2. The Hall–Kier alpha value is -2.33. The Kier molecular flexibility index (Phi) is 8.58. The first-order valence-corrected chi connectivity index (χ1v) is 12.5. The fourth-order valence-electron chi connectivity index (χ4n) is 3.47. The minimum atomic E-state index is -3.90. The quantitative estimate of drug-likeness (QED) is 0.384. The fourth-order valence-corrected chi connectivity index (χ4v) is 5.56. The second-order valence-corrected chi connectivity index (χ2v) is 9.93. The number of benzene rings is 2. The lowest BCUT2D eigenvalue weighted by atomic mass is 10.2. The molecule has 0 radical (unpaired) electrons. The Morgan fingerprint density at radius 3 is 2.24 bits per heavy atom. The van der Waals surface area contributed by atoms with E-state index in [2.05, 4.69) is 0 Å².